The molecule has 2 aromatic carbocycles. The Hall–Kier alpha value is -3.81. The van der Waals surface area contributed by atoms with E-state index in [4.69, 9.17) is 4.74 Å². The van der Waals surface area contributed by atoms with E-state index in [9.17, 15) is 23.1 Å². The highest BCUT2D eigenvalue weighted by molar-refractivity contribution is 6.01. The number of aromatic nitrogens is 2. The van der Waals surface area contributed by atoms with Crippen molar-refractivity contribution in [1.29, 1.82) is 0 Å². The molecular formula is C32H31F3N2O3. The van der Waals surface area contributed by atoms with E-state index in [1.807, 2.05) is 36.4 Å². The summed E-state index contributed by atoms with van der Waals surface area (Å²) >= 11 is 0. The minimum absolute atomic E-state index is 0.0874. The van der Waals surface area contributed by atoms with Crippen molar-refractivity contribution in [2.75, 3.05) is 0 Å². The number of carboxylic acid groups (broad SMARTS) is 1. The van der Waals surface area contributed by atoms with Gasteiger partial charge in [0.2, 0.25) is 0 Å². The summed E-state index contributed by atoms with van der Waals surface area (Å²) in [6, 6.07) is 15.5. The van der Waals surface area contributed by atoms with E-state index in [0.29, 0.717) is 11.3 Å². The highest BCUT2D eigenvalue weighted by Crippen LogP contribution is 2.43. The fraction of sp³-hybridized carbons (Fsp3) is 0.375. The molecule has 0 saturated heterocycles. The first kappa shape index (κ1) is 26.4. The first-order valence-electron chi connectivity index (χ1n) is 14.0. The van der Waals surface area contributed by atoms with Crippen molar-refractivity contribution in [3.05, 3.63) is 77.6 Å². The van der Waals surface area contributed by atoms with Crippen molar-refractivity contribution in [1.82, 2.24) is 9.55 Å². The van der Waals surface area contributed by atoms with Gasteiger partial charge in [0.25, 0.3) is 0 Å². The Morgan fingerprint density at radius 3 is 2.23 bits per heavy atom. The van der Waals surface area contributed by atoms with Gasteiger partial charge in [0.05, 0.1) is 22.9 Å². The van der Waals surface area contributed by atoms with Crippen LogP contribution in [0.1, 0.15) is 85.3 Å². The van der Waals surface area contributed by atoms with E-state index < -0.39 is 17.7 Å². The maximum absolute atomic E-state index is 13.1. The van der Waals surface area contributed by atoms with Gasteiger partial charge in [-0.3, -0.25) is 4.98 Å². The molecule has 0 radical (unpaired) electrons. The van der Waals surface area contributed by atoms with Crippen molar-refractivity contribution >= 4 is 16.9 Å². The average molecular weight is 549 g/mol. The molecular weight excluding hydrogens is 517 g/mol. The lowest BCUT2D eigenvalue weighted by Crippen LogP contribution is -2.13. The highest BCUT2D eigenvalue weighted by atomic mass is 19.4. The van der Waals surface area contributed by atoms with E-state index in [1.54, 1.807) is 10.6 Å². The summed E-state index contributed by atoms with van der Waals surface area (Å²) in [5.74, 6) is -0.145. The number of rotatable bonds is 6. The number of carboxylic acids is 1. The average Bonchev–Trinajstić information content (AvgIpc) is 3.59. The molecule has 0 spiro atoms. The van der Waals surface area contributed by atoms with Crippen LogP contribution in [0.2, 0.25) is 0 Å². The van der Waals surface area contributed by atoms with Crippen LogP contribution in [0.3, 0.4) is 0 Å². The maximum atomic E-state index is 13.1. The van der Waals surface area contributed by atoms with Gasteiger partial charge in [0.15, 0.2) is 0 Å². The van der Waals surface area contributed by atoms with Crippen LogP contribution in [0.4, 0.5) is 13.2 Å². The van der Waals surface area contributed by atoms with Crippen LogP contribution in [0, 0.1) is 0 Å². The molecule has 0 bridgehead atoms. The fourth-order valence-electron chi connectivity index (χ4n) is 6.36. The second kappa shape index (κ2) is 10.6. The fourth-order valence-corrected chi connectivity index (χ4v) is 6.36. The van der Waals surface area contributed by atoms with Crippen LogP contribution in [0.5, 0.6) is 5.75 Å². The van der Waals surface area contributed by atoms with Gasteiger partial charge in [-0.1, -0.05) is 25.3 Å². The standard InChI is InChI=1S/C32H31F3N2O3/c33-32(34,35)22-11-16-27(36-19-22)21-10-17-28-26(18-21)29(20-6-2-1-3-7-20)30(31(38)39)37(28)23-12-14-25(15-13-23)40-24-8-4-5-9-24/h10-20,24H,1-9H2,(H,38,39). The zero-order chi connectivity index (χ0) is 27.9. The molecule has 4 aromatic rings. The second-order valence-electron chi connectivity index (χ2n) is 10.9. The predicted octanol–water partition coefficient (Wildman–Crippen LogP) is 8.78. The largest absolute Gasteiger partial charge is 0.490 e. The zero-order valence-corrected chi connectivity index (χ0v) is 22.1. The lowest BCUT2D eigenvalue weighted by atomic mass is 9.82. The Kier molecular flexibility index (Phi) is 7.02. The Morgan fingerprint density at radius 2 is 1.60 bits per heavy atom. The minimum atomic E-state index is -4.46. The number of hydrogen-bond acceptors (Lipinski definition) is 3. The van der Waals surface area contributed by atoms with E-state index in [1.165, 1.54) is 18.9 Å². The van der Waals surface area contributed by atoms with E-state index in [2.05, 4.69) is 4.98 Å². The van der Waals surface area contributed by atoms with Gasteiger partial charge in [-0.15, -0.1) is 0 Å². The van der Waals surface area contributed by atoms with Gasteiger partial charge >= 0.3 is 12.1 Å². The molecule has 2 fully saturated rings. The minimum Gasteiger partial charge on any atom is -0.490 e. The Morgan fingerprint density at radius 1 is 0.900 bits per heavy atom. The third-order valence-electron chi connectivity index (χ3n) is 8.31. The van der Waals surface area contributed by atoms with Crippen LogP contribution >= 0.6 is 0 Å². The molecule has 2 aliphatic carbocycles. The van der Waals surface area contributed by atoms with Crippen molar-refractivity contribution in [2.24, 2.45) is 0 Å². The molecule has 5 nitrogen and oxygen atoms in total. The Labute approximate surface area is 230 Å². The number of fused-ring (bicyclic) bond motifs is 1. The zero-order valence-electron chi connectivity index (χ0n) is 22.1. The molecule has 40 heavy (non-hydrogen) atoms. The predicted molar refractivity (Wildman–Crippen MR) is 147 cm³/mol. The summed E-state index contributed by atoms with van der Waals surface area (Å²) in [6.45, 7) is 0. The molecule has 2 aromatic heterocycles. The lowest BCUT2D eigenvalue weighted by Gasteiger charge is -2.22. The molecule has 0 aliphatic heterocycles. The number of hydrogen-bond donors (Lipinski definition) is 1. The molecule has 0 amide bonds. The number of ether oxygens (including phenoxy) is 1. The van der Waals surface area contributed by atoms with E-state index in [0.717, 1.165) is 85.1 Å². The normalized spacial score (nSPS) is 17.0. The van der Waals surface area contributed by atoms with E-state index >= 15 is 0 Å². The van der Waals surface area contributed by atoms with Crippen LogP contribution in [-0.2, 0) is 6.18 Å². The topological polar surface area (TPSA) is 64.3 Å². The van der Waals surface area contributed by atoms with Gasteiger partial charge in [0.1, 0.15) is 11.4 Å². The number of carbonyl (C=O) groups is 1. The summed E-state index contributed by atoms with van der Waals surface area (Å²) in [6.07, 6.45) is 6.03. The van der Waals surface area contributed by atoms with Crippen molar-refractivity contribution < 1.29 is 27.8 Å². The van der Waals surface area contributed by atoms with Gasteiger partial charge in [0, 0.05) is 22.8 Å². The molecule has 8 heteroatoms. The van der Waals surface area contributed by atoms with Gasteiger partial charge in [-0.05, 0) is 98.5 Å². The summed E-state index contributed by atoms with van der Waals surface area (Å²) in [7, 11) is 0. The van der Waals surface area contributed by atoms with Gasteiger partial charge in [-0.25, -0.2) is 4.79 Å². The molecule has 2 aliphatic rings. The number of pyridine rings is 1. The maximum Gasteiger partial charge on any atom is 0.417 e. The Bertz CT molecular complexity index is 1510. The van der Waals surface area contributed by atoms with E-state index in [-0.39, 0.29) is 17.7 Å². The van der Waals surface area contributed by atoms with Crippen molar-refractivity contribution in [2.45, 2.75) is 76.0 Å². The molecule has 2 heterocycles. The monoisotopic (exact) mass is 548 g/mol. The van der Waals surface area contributed by atoms with Crippen LogP contribution in [0.25, 0.3) is 27.8 Å². The number of alkyl halides is 3. The number of benzene rings is 2. The summed E-state index contributed by atoms with van der Waals surface area (Å²) in [5, 5.41) is 11.3. The number of halogens is 3. The third kappa shape index (κ3) is 5.07. The van der Waals surface area contributed by atoms with Crippen molar-refractivity contribution in [3.63, 3.8) is 0 Å². The molecule has 2 saturated carbocycles. The molecule has 208 valence electrons. The van der Waals surface area contributed by atoms with Crippen LogP contribution in [-0.4, -0.2) is 26.7 Å². The SMILES string of the molecule is O=C(O)c1c(C2CCCCC2)c2cc(-c3ccc(C(F)(F)F)cn3)ccc2n1-c1ccc(OC2CCCC2)cc1. The van der Waals surface area contributed by atoms with Crippen LogP contribution in [0.15, 0.2) is 60.8 Å². The van der Waals surface area contributed by atoms with Crippen LogP contribution < -0.4 is 4.74 Å². The first-order valence-corrected chi connectivity index (χ1v) is 14.0. The smallest absolute Gasteiger partial charge is 0.417 e. The number of nitrogens with zero attached hydrogens (tertiary/aromatic N) is 2. The molecule has 0 unspecified atom stereocenters. The summed E-state index contributed by atoms with van der Waals surface area (Å²) in [5.41, 5.74) is 2.75. The Balaban J connectivity index is 1.47. The lowest BCUT2D eigenvalue weighted by molar-refractivity contribution is -0.137. The third-order valence-corrected chi connectivity index (χ3v) is 8.31. The molecule has 1 N–H and O–H groups in total. The van der Waals surface area contributed by atoms with Gasteiger partial charge < -0.3 is 14.4 Å². The highest BCUT2D eigenvalue weighted by Gasteiger charge is 2.32. The quantitative estimate of drug-likeness (QED) is 0.262. The van der Waals surface area contributed by atoms with Crippen molar-refractivity contribution in [3.8, 4) is 22.7 Å². The van der Waals surface area contributed by atoms with Gasteiger partial charge in [-0.2, -0.15) is 13.2 Å². The first-order chi connectivity index (χ1) is 19.3. The summed E-state index contributed by atoms with van der Waals surface area (Å²) in [4.78, 5) is 16.9. The molecule has 0 atom stereocenters. The summed E-state index contributed by atoms with van der Waals surface area (Å²) < 4.78 is 47.2. The molecule has 6 rings (SSSR count). The number of aromatic carboxylic acids is 1. The second-order valence-corrected chi connectivity index (χ2v) is 10.9.